The predicted octanol–water partition coefficient (Wildman–Crippen LogP) is 6.68. The summed E-state index contributed by atoms with van der Waals surface area (Å²) in [5.41, 5.74) is 1.15. The van der Waals surface area contributed by atoms with Crippen LogP contribution in [0, 0.1) is 0 Å². The fourth-order valence-electron chi connectivity index (χ4n) is 1.97. The fourth-order valence-corrected chi connectivity index (χ4v) is 4.14. The van der Waals surface area contributed by atoms with E-state index in [0.29, 0.717) is 0 Å². The van der Waals surface area contributed by atoms with Gasteiger partial charge in [0.1, 0.15) is 11.5 Å². The summed E-state index contributed by atoms with van der Waals surface area (Å²) in [5.74, 6) is 1.66. The number of thiophene rings is 1. The molecule has 0 saturated carbocycles. The van der Waals surface area contributed by atoms with E-state index >= 15 is 0 Å². The fraction of sp³-hybridized carbons (Fsp3) is 0.0588. The van der Waals surface area contributed by atoms with Crippen molar-refractivity contribution >= 4 is 38.9 Å². The monoisotopic (exact) mass is 378 g/mol. The first kappa shape index (κ1) is 14.6. The van der Waals surface area contributed by atoms with E-state index in [9.17, 15) is 0 Å². The summed E-state index contributed by atoms with van der Waals surface area (Å²) in [6, 6.07) is 19.7. The van der Waals surface area contributed by atoms with E-state index in [1.165, 1.54) is 0 Å². The second kappa shape index (κ2) is 6.65. The number of hydrogen-bond donors (Lipinski definition) is 0. The standard InChI is InChI=1S/C17H12BrClOS/c18-16(17-15(19)10-11-21-17)12-6-8-14(9-7-12)20-13-4-2-1-3-5-13/h1-11,16H. The number of ether oxygens (including phenoxy) is 1. The van der Waals surface area contributed by atoms with Crippen LogP contribution in [0.25, 0.3) is 0 Å². The maximum atomic E-state index is 6.18. The van der Waals surface area contributed by atoms with Gasteiger partial charge in [0.2, 0.25) is 0 Å². The van der Waals surface area contributed by atoms with E-state index in [2.05, 4.69) is 15.9 Å². The molecule has 0 N–H and O–H groups in total. The number of para-hydroxylation sites is 1. The van der Waals surface area contributed by atoms with Crippen LogP contribution in [0.4, 0.5) is 0 Å². The van der Waals surface area contributed by atoms with E-state index in [0.717, 1.165) is 27.0 Å². The minimum absolute atomic E-state index is 0.107. The van der Waals surface area contributed by atoms with Crippen LogP contribution in [0.15, 0.2) is 66.0 Å². The summed E-state index contributed by atoms with van der Waals surface area (Å²) >= 11 is 11.5. The molecule has 0 bridgehead atoms. The Kier molecular flexibility index (Phi) is 4.63. The molecule has 21 heavy (non-hydrogen) atoms. The van der Waals surface area contributed by atoms with Crippen LogP contribution in [0.5, 0.6) is 11.5 Å². The number of halogens is 2. The van der Waals surface area contributed by atoms with Crippen molar-refractivity contribution in [2.75, 3.05) is 0 Å². The molecular weight excluding hydrogens is 368 g/mol. The zero-order chi connectivity index (χ0) is 14.7. The molecule has 4 heteroatoms. The normalized spacial score (nSPS) is 12.1. The molecule has 3 aromatic rings. The van der Waals surface area contributed by atoms with E-state index in [1.807, 2.05) is 66.0 Å². The van der Waals surface area contributed by atoms with Crippen molar-refractivity contribution in [3.8, 4) is 11.5 Å². The molecule has 0 aliphatic heterocycles. The summed E-state index contributed by atoms with van der Waals surface area (Å²) in [6.07, 6.45) is 0. The molecule has 0 spiro atoms. The van der Waals surface area contributed by atoms with Crippen molar-refractivity contribution in [2.45, 2.75) is 4.83 Å². The van der Waals surface area contributed by atoms with Gasteiger partial charge in [-0.1, -0.05) is 57.9 Å². The number of alkyl halides is 1. The van der Waals surface area contributed by atoms with E-state index < -0.39 is 0 Å². The zero-order valence-electron chi connectivity index (χ0n) is 11.0. The Morgan fingerprint density at radius 3 is 2.19 bits per heavy atom. The Balaban J connectivity index is 1.77. The predicted molar refractivity (Wildman–Crippen MR) is 93.1 cm³/mol. The Morgan fingerprint density at radius 1 is 0.905 bits per heavy atom. The second-order valence-corrected chi connectivity index (χ2v) is 6.75. The first-order chi connectivity index (χ1) is 10.2. The minimum atomic E-state index is 0.107. The van der Waals surface area contributed by atoms with E-state index in [4.69, 9.17) is 16.3 Å². The van der Waals surface area contributed by atoms with Gasteiger partial charge in [-0.15, -0.1) is 11.3 Å². The van der Waals surface area contributed by atoms with Crippen molar-refractivity contribution in [1.29, 1.82) is 0 Å². The highest BCUT2D eigenvalue weighted by atomic mass is 79.9. The van der Waals surface area contributed by atoms with Crippen molar-refractivity contribution in [3.63, 3.8) is 0 Å². The third-order valence-electron chi connectivity index (χ3n) is 3.03. The smallest absolute Gasteiger partial charge is 0.127 e. The number of rotatable bonds is 4. The topological polar surface area (TPSA) is 9.23 Å². The Hall–Kier alpha value is -1.29. The molecule has 0 saturated heterocycles. The average molecular weight is 380 g/mol. The van der Waals surface area contributed by atoms with Crippen molar-refractivity contribution in [1.82, 2.24) is 0 Å². The maximum Gasteiger partial charge on any atom is 0.127 e. The van der Waals surface area contributed by atoms with Gasteiger partial charge in [0.15, 0.2) is 0 Å². The molecule has 1 nitrogen and oxygen atoms in total. The number of benzene rings is 2. The summed E-state index contributed by atoms with van der Waals surface area (Å²) < 4.78 is 5.79. The van der Waals surface area contributed by atoms with Gasteiger partial charge in [-0.25, -0.2) is 0 Å². The quantitative estimate of drug-likeness (QED) is 0.459. The van der Waals surface area contributed by atoms with Crippen molar-refractivity contribution in [2.24, 2.45) is 0 Å². The Morgan fingerprint density at radius 2 is 1.57 bits per heavy atom. The van der Waals surface area contributed by atoms with Gasteiger partial charge in [-0.2, -0.15) is 0 Å². The second-order valence-electron chi connectivity index (χ2n) is 4.48. The molecule has 106 valence electrons. The van der Waals surface area contributed by atoms with Crippen LogP contribution in [0.3, 0.4) is 0 Å². The van der Waals surface area contributed by atoms with Crippen molar-refractivity contribution < 1.29 is 4.74 Å². The van der Waals surface area contributed by atoms with Gasteiger partial charge in [0.05, 0.1) is 9.85 Å². The highest BCUT2D eigenvalue weighted by Crippen LogP contribution is 2.39. The average Bonchev–Trinajstić information content (AvgIpc) is 2.94. The molecule has 1 atom stereocenters. The molecule has 1 heterocycles. The molecule has 0 aliphatic rings. The van der Waals surface area contributed by atoms with Crippen LogP contribution >= 0.6 is 38.9 Å². The molecule has 0 aliphatic carbocycles. The lowest BCUT2D eigenvalue weighted by atomic mass is 10.1. The lowest BCUT2D eigenvalue weighted by molar-refractivity contribution is 0.482. The molecule has 0 fully saturated rings. The number of hydrogen-bond acceptors (Lipinski definition) is 2. The summed E-state index contributed by atoms with van der Waals surface area (Å²) in [7, 11) is 0. The highest BCUT2D eigenvalue weighted by molar-refractivity contribution is 9.09. The van der Waals surface area contributed by atoms with Crippen LogP contribution < -0.4 is 4.74 Å². The minimum Gasteiger partial charge on any atom is -0.457 e. The largest absolute Gasteiger partial charge is 0.457 e. The van der Waals surface area contributed by atoms with Crippen LogP contribution in [-0.2, 0) is 0 Å². The van der Waals surface area contributed by atoms with Gasteiger partial charge in [-0.3, -0.25) is 0 Å². The third kappa shape index (κ3) is 3.49. The van der Waals surface area contributed by atoms with Crippen molar-refractivity contribution in [3.05, 3.63) is 81.5 Å². The summed E-state index contributed by atoms with van der Waals surface area (Å²) in [6.45, 7) is 0. The van der Waals surface area contributed by atoms with E-state index in [1.54, 1.807) is 11.3 Å². The molecule has 1 aromatic heterocycles. The van der Waals surface area contributed by atoms with Gasteiger partial charge >= 0.3 is 0 Å². The van der Waals surface area contributed by atoms with E-state index in [-0.39, 0.29) is 4.83 Å². The van der Waals surface area contributed by atoms with Gasteiger partial charge in [0, 0.05) is 4.88 Å². The molecule has 2 aromatic carbocycles. The van der Waals surface area contributed by atoms with Crippen LogP contribution in [0.2, 0.25) is 5.02 Å². The molecule has 1 unspecified atom stereocenters. The molecular formula is C17H12BrClOS. The van der Waals surface area contributed by atoms with Gasteiger partial charge in [0.25, 0.3) is 0 Å². The summed E-state index contributed by atoms with van der Waals surface area (Å²) in [4.78, 5) is 1.23. The molecule has 0 amide bonds. The maximum absolute atomic E-state index is 6.18. The first-order valence-corrected chi connectivity index (χ1v) is 8.61. The molecule has 3 rings (SSSR count). The Bertz CT molecular complexity index is 709. The lowest BCUT2D eigenvalue weighted by Crippen LogP contribution is -1.91. The summed E-state index contributed by atoms with van der Waals surface area (Å²) in [5, 5.41) is 2.80. The Labute approximate surface area is 141 Å². The van der Waals surface area contributed by atoms with Gasteiger partial charge < -0.3 is 4.74 Å². The SMILES string of the molecule is Clc1ccsc1C(Br)c1ccc(Oc2ccccc2)cc1. The zero-order valence-corrected chi connectivity index (χ0v) is 14.2. The van der Waals surface area contributed by atoms with Crippen LogP contribution in [0.1, 0.15) is 15.3 Å². The third-order valence-corrected chi connectivity index (χ3v) is 5.74. The van der Waals surface area contributed by atoms with Crippen LogP contribution in [-0.4, -0.2) is 0 Å². The molecule has 0 radical (unpaired) electrons. The highest BCUT2D eigenvalue weighted by Gasteiger charge is 2.15. The van der Waals surface area contributed by atoms with Gasteiger partial charge in [-0.05, 0) is 41.3 Å². The lowest BCUT2D eigenvalue weighted by Gasteiger charge is -2.11. The first-order valence-electron chi connectivity index (χ1n) is 6.44.